The SMILES string of the molecule is CCC(C)N(CC(=O)Nc1cccc(C)c1C)C(=O)CN1CCCCC1C. The Labute approximate surface area is 164 Å². The molecule has 0 bridgehead atoms. The highest BCUT2D eigenvalue weighted by Crippen LogP contribution is 2.19. The number of benzene rings is 1. The molecule has 2 atom stereocenters. The number of piperidine rings is 1. The minimum Gasteiger partial charge on any atom is -0.330 e. The highest BCUT2D eigenvalue weighted by molar-refractivity contribution is 5.95. The minimum absolute atomic E-state index is 0.0435. The van der Waals surface area contributed by atoms with E-state index >= 15 is 0 Å². The van der Waals surface area contributed by atoms with Crippen molar-refractivity contribution in [3.05, 3.63) is 29.3 Å². The van der Waals surface area contributed by atoms with Crippen molar-refractivity contribution in [3.8, 4) is 0 Å². The summed E-state index contributed by atoms with van der Waals surface area (Å²) in [6.45, 7) is 11.8. The molecule has 1 heterocycles. The number of likely N-dealkylation sites (tertiary alicyclic amines) is 1. The molecule has 1 aliphatic heterocycles. The number of amides is 2. The molecule has 1 N–H and O–H groups in total. The number of nitrogens with one attached hydrogen (secondary N) is 1. The summed E-state index contributed by atoms with van der Waals surface area (Å²) < 4.78 is 0. The third-order valence-electron chi connectivity index (χ3n) is 5.91. The maximum Gasteiger partial charge on any atom is 0.244 e. The fraction of sp³-hybridized carbons (Fsp3) is 0.636. The average molecular weight is 374 g/mol. The van der Waals surface area contributed by atoms with Gasteiger partial charge in [-0.3, -0.25) is 14.5 Å². The van der Waals surface area contributed by atoms with Crippen molar-refractivity contribution in [1.29, 1.82) is 0 Å². The molecule has 27 heavy (non-hydrogen) atoms. The van der Waals surface area contributed by atoms with E-state index in [0.29, 0.717) is 12.6 Å². The Bertz CT molecular complexity index is 659. The van der Waals surface area contributed by atoms with Crippen molar-refractivity contribution in [2.24, 2.45) is 0 Å². The van der Waals surface area contributed by atoms with E-state index in [4.69, 9.17) is 0 Å². The molecule has 2 rings (SSSR count). The van der Waals surface area contributed by atoms with Crippen LogP contribution in [0.3, 0.4) is 0 Å². The normalized spacial score (nSPS) is 18.8. The van der Waals surface area contributed by atoms with Gasteiger partial charge in [0.1, 0.15) is 6.54 Å². The summed E-state index contributed by atoms with van der Waals surface area (Å²) in [4.78, 5) is 29.6. The number of nitrogens with zero attached hydrogens (tertiary/aromatic N) is 2. The Morgan fingerprint density at radius 2 is 2.04 bits per heavy atom. The molecule has 0 aliphatic carbocycles. The number of hydrogen-bond donors (Lipinski definition) is 1. The summed E-state index contributed by atoms with van der Waals surface area (Å²) in [5.74, 6) is -0.0849. The van der Waals surface area contributed by atoms with Crippen LogP contribution in [0, 0.1) is 13.8 Å². The highest BCUT2D eigenvalue weighted by Gasteiger charge is 2.26. The quantitative estimate of drug-likeness (QED) is 0.792. The number of carbonyl (C=O) groups is 2. The third kappa shape index (κ3) is 5.80. The van der Waals surface area contributed by atoms with E-state index in [1.165, 1.54) is 6.42 Å². The number of aryl methyl sites for hydroxylation is 1. The summed E-state index contributed by atoms with van der Waals surface area (Å²) >= 11 is 0. The molecule has 1 saturated heterocycles. The Kier molecular flexibility index (Phi) is 7.84. The van der Waals surface area contributed by atoms with Crippen molar-refractivity contribution in [2.75, 3.05) is 25.0 Å². The first-order valence-corrected chi connectivity index (χ1v) is 10.2. The number of anilines is 1. The van der Waals surface area contributed by atoms with Crippen molar-refractivity contribution >= 4 is 17.5 Å². The van der Waals surface area contributed by atoms with Gasteiger partial charge in [0.25, 0.3) is 0 Å². The van der Waals surface area contributed by atoms with E-state index in [1.54, 1.807) is 4.90 Å². The summed E-state index contributed by atoms with van der Waals surface area (Å²) in [7, 11) is 0. The van der Waals surface area contributed by atoms with Gasteiger partial charge in [0.05, 0.1) is 6.54 Å². The van der Waals surface area contributed by atoms with Crippen LogP contribution in [0.4, 0.5) is 5.69 Å². The van der Waals surface area contributed by atoms with Gasteiger partial charge in [-0.2, -0.15) is 0 Å². The molecule has 0 radical (unpaired) electrons. The zero-order chi connectivity index (χ0) is 20.0. The van der Waals surface area contributed by atoms with E-state index in [-0.39, 0.29) is 24.4 Å². The summed E-state index contributed by atoms with van der Waals surface area (Å²) in [6, 6.07) is 6.35. The van der Waals surface area contributed by atoms with Gasteiger partial charge in [0, 0.05) is 17.8 Å². The summed E-state index contributed by atoms with van der Waals surface area (Å²) in [5, 5.41) is 2.98. The largest absolute Gasteiger partial charge is 0.330 e. The van der Waals surface area contributed by atoms with Crippen LogP contribution in [-0.2, 0) is 9.59 Å². The maximum absolute atomic E-state index is 13.0. The molecule has 5 heteroatoms. The second-order valence-electron chi connectivity index (χ2n) is 7.89. The van der Waals surface area contributed by atoms with Crippen molar-refractivity contribution in [1.82, 2.24) is 9.80 Å². The third-order valence-corrected chi connectivity index (χ3v) is 5.91. The lowest BCUT2D eigenvalue weighted by Crippen LogP contribution is -2.50. The molecule has 1 aliphatic rings. The fourth-order valence-corrected chi connectivity index (χ4v) is 3.60. The molecule has 150 valence electrons. The van der Waals surface area contributed by atoms with Gasteiger partial charge in [0.15, 0.2) is 0 Å². The Morgan fingerprint density at radius 1 is 1.30 bits per heavy atom. The molecule has 0 spiro atoms. The average Bonchev–Trinajstić information content (AvgIpc) is 2.64. The van der Waals surface area contributed by atoms with Gasteiger partial charge in [-0.1, -0.05) is 25.5 Å². The predicted molar refractivity (Wildman–Crippen MR) is 111 cm³/mol. The van der Waals surface area contributed by atoms with Gasteiger partial charge < -0.3 is 10.2 Å². The van der Waals surface area contributed by atoms with Gasteiger partial charge in [0.2, 0.25) is 11.8 Å². The minimum atomic E-state index is -0.135. The van der Waals surface area contributed by atoms with Crippen molar-refractivity contribution in [2.45, 2.75) is 72.4 Å². The van der Waals surface area contributed by atoms with Gasteiger partial charge >= 0.3 is 0 Å². The second-order valence-corrected chi connectivity index (χ2v) is 7.89. The number of rotatable bonds is 7. The van der Waals surface area contributed by atoms with Crippen LogP contribution >= 0.6 is 0 Å². The first-order valence-electron chi connectivity index (χ1n) is 10.2. The Hall–Kier alpha value is -1.88. The standard InChI is InChI=1S/C22H35N3O2/c1-6-17(3)25(22(27)15-24-13-8-7-11-18(24)4)14-21(26)23-20-12-9-10-16(2)19(20)5/h9-10,12,17-18H,6-8,11,13-15H2,1-5H3,(H,23,26). The monoisotopic (exact) mass is 373 g/mol. The molecular formula is C22H35N3O2. The van der Waals surface area contributed by atoms with E-state index in [9.17, 15) is 9.59 Å². The van der Waals surface area contributed by atoms with Crippen molar-refractivity contribution < 1.29 is 9.59 Å². The molecule has 1 aromatic carbocycles. The van der Waals surface area contributed by atoms with Crippen LogP contribution in [0.25, 0.3) is 0 Å². The van der Waals surface area contributed by atoms with E-state index in [1.807, 2.05) is 39.0 Å². The van der Waals surface area contributed by atoms with Gasteiger partial charge in [-0.25, -0.2) is 0 Å². The Morgan fingerprint density at radius 3 is 2.70 bits per heavy atom. The molecule has 2 unspecified atom stereocenters. The lowest BCUT2D eigenvalue weighted by atomic mass is 10.0. The van der Waals surface area contributed by atoms with Crippen LogP contribution in [-0.4, -0.2) is 53.3 Å². The lowest BCUT2D eigenvalue weighted by Gasteiger charge is -2.36. The maximum atomic E-state index is 13.0. The summed E-state index contributed by atoms with van der Waals surface area (Å²) in [5.41, 5.74) is 3.03. The van der Waals surface area contributed by atoms with Gasteiger partial charge in [-0.05, 0) is 70.7 Å². The van der Waals surface area contributed by atoms with E-state index in [0.717, 1.165) is 42.6 Å². The molecular weight excluding hydrogens is 338 g/mol. The Balaban J connectivity index is 2.03. The molecule has 1 aromatic rings. The first kappa shape index (κ1) is 21.4. The topological polar surface area (TPSA) is 52.7 Å². The van der Waals surface area contributed by atoms with E-state index < -0.39 is 0 Å². The lowest BCUT2D eigenvalue weighted by molar-refractivity contribution is -0.138. The van der Waals surface area contributed by atoms with Crippen LogP contribution in [0.2, 0.25) is 0 Å². The second kappa shape index (κ2) is 9.88. The van der Waals surface area contributed by atoms with E-state index in [2.05, 4.69) is 24.1 Å². The molecule has 0 saturated carbocycles. The zero-order valence-electron chi connectivity index (χ0n) is 17.5. The fourth-order valence-electron chi connectivity index (χ4n) is 3.60. The molecule has 5 nitrogen and oxygen atoms in total. The van der Waals surface area contributed by atoms with Crippen LogP contribution in [0.1, 0.15) is 57.6 Å². The molecule has 1 fully saturated rings. The smallest absolute Gasteiger partial charge is 0.244 e. The predicted octanol–water partition coefficient (Wildman–Crippen LogP) is 3.74. The molecule has 0 aromatic heterocycles. The summed E-state index contributed by atoms with van der Waals surface area (Å²) in [6.07, 6.45) is 4.36. The van der Waals surface area contributed by atoms with Crippen LogP contribution < -0.4 is 5.32 Å². The highest BCUT2D eigenvalue weighted by atomic mass is 16.2. The zero-order valence-corrected chi connectivity index (χ0v) is 17.5. The van der Waals surface area contributed by atoms with Crippen LogP contribution in [0.5, 0.6) is 0 Å². The number of carbonyl (C=O) groups excluding carboxylic acids is 2. The van der Waals surface area contributed by atoms with Crippen molar-refractivity contribution in [3.63, 3.8) is 0 Å². The molecule has 2 amide bonds. The van der Waals surface area contributed by atoms with Crippen LogP contribution in [0.15, 0.2) is 18.2 Å². The first-order chi connectivity index (χ1) is 12.8. The number of hydrogen-bond acceptors (Lipinski definition) is 3. The van der Waals surface area contributed by atoms with Gasteiger partial charge in [-0.15, -0.1) is 0 Å².